The van der Waals surface area contributed by atoms with Crippen molar-refractivity contribution in [2.75, 3.05) is 30.3 Å². The van der Waals surface area contributed by atoms with E-state index in [1.54, 1.807) is 0 Å². The summed E-state index contributed by atoms with van der Waals surface area (Å²) in [5, 5.41) is 11.7. The molecule has 0 saturated carbocycles. The Morgan fingerprint density at radius 3 is 2.90 bits per heavy atom. The van der Waals surface area contributed by atoms with Crippen molar-refractivity contribution in [1.29, 1.82) is 0 Å². The van der Waals surface area contributed by atoms with E-state index in [0.717, 1.165) is 48.6 Å². The van der Waals surface area contributed by atoms with Crippen LogP contribution in [0.5, 0.6) is 5.75 Å². The van der Waals surface area contributed by atoms with Crippen LogP contribution >= 0.6 is 12.2 Å². The third kappa shape index (κ3) is 4.60. The number of aromatic amines is 1. The Balaban J connectivity index is 1.51. The van der Waals surface area contributed by atoms with Crippen molar-refractivity contribution in [2.45, 2.75) is 19.8 Å². The summed E-state index contributed by atoms with van der Waals surface area (Å²) in [6.07, 6.45) is 6.37. The molecule has 1 aliphatic rings. The molecule has 3 aromatic rings. The number of aromatic nitrogens is 1. The molecule has 0 aliphatic carbocycles. The monoisotopic (exact) mass is 406 g/mol. The molecule has 2 aromatic carbocycles. The first-order chi connectivity index (χ1) is 14.2. The van der Waals surface area contributed by atoms with Gasteiger partial charge in [0.05, 0.1) is 12.3 Å². The molecule has 0 bridgehead atoms. The fourth-order valence-electron chi connectivity index (χ4n) is 3.52. The zero-order valence-corrected chi connectivity index (χ0v) is 17.4. The third-order valence-electron chi connectivity index (χ3n) is 4.95. The van der Waals surface area contributed by atoms with Crippen LogP contribution in [0.1, 0.15) is 25.3 Å². The van der Waals surface area contributed by atoms with Crippen LogP contribution in [0, 0.1) is 0 Å². The smallest absolute Gasteiger partial charge is 0.175 e. The molecule has 150 valence electrons. The summed E-state index contributed by atoms with van der Waals surface area (Å²) in [4.78, 5) is 3.38. The summed E-state index contributed by atoms with van der Waals surface area (Å²) < 4.78 is 5.80. The number of thiocarbonyl (C=S) groups is 1. The van der Waals surface area contributed by atoms with E-state index in [1.807, 2.05) is 30.3 Å². The molecule has 0 saturated heterocycles. The van der Waals surface area contributed by atoms with Crippen LogP contribution in [0.2, 0.25) is 0 Å². The Labute approximate surface area is 176 Å². The Kier molecular flexibility index (Phi) is 6.12. The summed E-state index contributed by atoms with van der Waals surface area (Å²) >= 11 is 5.55. The first-order valence-electron chi connectivity index (χ1n) is 10.1. The van der Waals surface area contributed by atoms with Gasteiger partial charge in [0, 0.05) is 34.9 Å². The lowest BCUT2D eigenvalue weighted by Crippen LogP contribution is -2.20. The molecule has 2 heterocycles. The van der Waals surface area contributed by atoms with Crippen molar-refractivity contribution in [3.63, 3.8) is 0 Å². The minimum Gasteiger partial charge on any atom is -0.491 e. The third-order valence-corrected chi connectivity index (χ3v) is 5.15. The van der Waals surface area contributed by atoms with Crippen LogP contribution < -0.4 is 20.7 Å². The fourth-order valence-corrected chi connectivity index (χ4v) is 3.75. The number of benzene rings is 2. The van der Waals surface area contributed by atoms with E-state index in [9.17, 15) is 0 Å². The van der Waals surface area contributed by atoms with Gasteiger partial charge in [-0.25, -0.2) is 0 Å². The summed E-state index contributed by atoms with van der Waals surface area (Å²) in [6, 6.07) is 14.1. The molecule has 1 aromatic heterocycles. The van der Waals surface area contributed by atoms with Gasteiger partial charge in [-0.1, -0.05) is 25.1 Å². The molecule has 4 rings (SSSR count). The summed E-state index contributed by atoms with van der Waals surface area (Å²) in [7, 11) is 0. The lowest BCUT2D eigenvalue weighted by molar-refractivity contribution is 0.319. The minimum atomic E-state index is 0.537. The predicted molar refractivity (Wildman–Crippen MR) is 126 cm³/mol. The number of anilines is 2. The highest BCUT2D eigenvalue weighted by molar-refractivity contribution is 7.80. The highest BCUT2D eigenvalue weighted by Crippen LogP contribution is 2.30. The van der Waals surface area contributed by atoms with Crippen LogP contribution in [0.4, 0.5) is 11.4 Å². The van der Waals surface area contributed by atoms with E-state index in [0.29, 0.717) is 11.7 Å². The van der Waals surface area contributed by atoms with Crippen LogP contribution in [0.25, 0.3) is 16.5 Å². The number of H-pyrrole nitrogens is 1. The molecular weight excluding hydrogens is 380 g/mol. The van der Waals surface area contributed by atoms with Crippen LogP contribution in [-0.4, -0.2) is 29.8 Å². The van der Waals surface area contributed by atoms with E-state index >= 15 is 0 Å². The summed E-state index contributed by atoms with van der Waals surface area (Å²) in [5.41, 5.74) is 5.60. The Morgan fingerprint density at radius 1 is 1.17 bits per heavy atom. The molecule has 0 amide bonds. The van der Waals surface area contributed by atoms with E-state index in [1.165, 1.54) is 16.5 Å². The number of hydrogen-bond acceptors (Lipinski definition) is 3. The van der Waals surface area contributed by atoms with Gasteiger partial charge in [0.15, 0.2) is 5.11 Å². The predicted octanol–water partition coefficient (Wildman–Crippen LogP) is 5.14. The number of nitrogens with one attached hydrogen (secondary N) is 4. The molecule has 29 heavy (non-hydrogen) atoms. The average Bonchev–Trinajstić information content (AvgIpc) is 3.17. The molecule has 0 atom stereocenters. The molecule has 0 unspecified atom stereocenters. The van der Waals surface area contributed by atoms with Crippen LogP contribution in [-0.2, 0) is 0 Å². The van der Waals surface area contributed by atoms with E-state index in [2.05, 4.69) is 52.3 Å². The quantitative estimate of drug-likeness (QED) is 0.427. The first-order valence-corrected chi connectivity index (χ1v) is 10.5. The molecule has 6 heteroatoms. The number of ether oxygens (including phenoxy) is 1. The highest BCUT2D eigenvalue weighted by atomic mass is 32.1. The molecule has 4 N–H and O–H groups in total. The van der Waals surface area contributed by atoms with Crippen molar-refractivity contribution >= 4 is 45.2 Å². The second-order valence-corrected chi connectivity index (χ2v) is 7.48. The molecule has 0 radical (unpaired) electrons. The number of para-hydroxylation sites is 2. The van der Waals surface area contributed by atoms with Gasteiger partial charge in [-0.15, -0.1) is 0 Å². The van der Waals surface area contributed by atoms with Gasteiger partial charge in [-0.3, -0.25) is 0 Å². The largest absolute Gasteiger partial charge is 0.491 e. The first kappa shape index (κ1) is 19.5. The van der Waals surface area contributed by atoms with Crippen LogP contribution in [0.15, 0.2) is 54.7 Å². The Morgan fingerprint density at radius 2 is 2.07 bits per heavy atom. The van der Waals surface area contributed by atoms with Crippen molar-refractivity contribution in [2.24, 2.45) is 0 Å². The zero-order valence-electron chi connectivity index (χ0n) is 16.5. The van der Waals surface area contributed by atoms with Crippen molar-refractivity contribution in [3.05, 3.63) is 60.3 Å². The second kappa shape index (κ2) is 9.11. The topological polar surface area (TPSA) is 61.1 Å². The van der Waals surface area contributed by atoms with Gasteiger partial charge in [0.1, 0.15) is 5.75 Å². The molecule has 0 spiro atoms. The summed E-state index contributed by atoms with van der Waals surface area (Å²) in [5.74, 6) is 0.805. The Bertz CT molecular complexity index is 1040. The second-order valence-electron chi connectivity index (χ2n) is 7.07. The number of rotatable bonds is 6. The molecule has 5 nitrogen and oxygen atoms in total. The highest BCUT2D eigenvalue weighted by Gasteiger charge is 2.12. The van der Waals surface area contributed by atoms with Gasteiger partial charge >= 0.3 is 0 Å². The van der Waals surface area contributed by atoms with E-state index in [4.69, 9.17) is 17.0 Å². The lowest BCUT2D eigenvalue weighted by atomic mass is 9.99. The van der Waals surface area contributed by atoms with Crippen LogP contribution in [0.3, 0.4) is 0 Å². The maximum absolute atomic E-state index is 5.80. The van der Waals surface area contributed by atoms with Gasteiger partial charge in [0.25, 0.3) is 0 Å². The zero-order chi connectivity index (χ0) is 20.1. The fraction of sp³-hybridized carbons (Fsp3) is 0.261. The van der Waals surface area contributed by atoms with Gasteiger partial charge < -0.3 is 25.7 Å². The summed E-state index contributed by atoms with van der Waals surface area (Å²) in [6.45, 7) is 4.71. The normalized spacial score (nSPS) is 13.8. The number of fused-ring (bicyclic) bond motifs is 1. The van der Waals surface area contributed by atoms with E-state index < -0.39 is 0 Å². The molecule has 1 aliphatic heterocycles. The Hall–Kier alpha value is -2.83. The van der Waals surface area contributed by atoms with Gasteiger partial charge in [-0.05, 0) is 67.5 Å². The van der Waals surface area contributed by atoms with Gasteiger partial charge in [-0.2, -0.15) is 0 Å². The van der Waals surface area contributed by atoms with Crippen molar-refractivity contribution < 1.29 is 4.74 Å². The average molecular weight is 407 g/mol. The maximum atomic E-state index is 5.80. The van der Waals surface area contributed by atoms with Crippen molar-refractivity contribution in [3.8, 4) is 5.75 Å². The van der Waals surface area contributed by atoms with Gasteiger partial charge in [0.2, 0.25) is 0 Å². The molecular formula is C23H26N4OS. The van der Waals surface area contributed by atoms with E-state index in [-0.39, 0.29) is 0 Å². The number of hydrogen-bond donors (Lipinski definition) is 4. The SMILES string of the molecule is CCCOc1ccccc1NC(=S)Nc1ccc2[nH]cc(C3=CCNCC3)c2c1. The van der Waals surface area contributed by atoms with Crippen molar-refractivity contribution in [1.82, 2.24) is 10.3 Å². The lowest BCUT2D eigenvalue weighted by Gasteiger charge is -2.15. The minimum absolute atomic E-state index is 0.537. The maximum Gasteiger partial charge on any atom is 0.175 e. The molecule has 0 fully saturated rings. The standard InChI is InChI=1S/C23H26N4OS/c1-2-13-28-22-6-4-3-5-21(22)27-23(29)26-17-7-8-20-18(14-17)19(15-25-20)16-9-11-24-12-10-16/h3-9,14-15,24-25H,2,10-13H2,1H3,(H2,26,27,29).